The average Bonchev–Trinajstić information content (AvgIpc) is 3.50. The van der Waals surface area contributed by atoms with Gasteiger partial charge in [0, 0.05) is 5.69 Å². The lowest BCUT2D eigenvalue weighted by Crippen LogP contribution is -2.42. The zero-order valence-electron chi connectivity index (χ0n) is 17.4. The van der Waals surface area contributed by atoms with Crippen molar-refractivity contribution in [3.8, 4) is 10.7 Å². The van der Waals surface area contributed by atoms with Crippen molar-refractivity contribution >= 4 is 45.9 Å². The molecule has 5 rings (SSSR count). The molecule has 1 atom stereocenters. The summed E-state index contributed by atoms with van der Waals surface area (Å²) >= 11 is 1.57. The Morgan fingerprint density at radius 2 is 1.97 bits per heavy atom. The van der Waals surface area contributed by atoms with Gasteiger partial charge in [-0.1, -0.05) is 18.2 Å². The van der Waals surface area contributed by atoms with Gasteiger partial charge in [-0.25, -0.2) is 14.2 Å². The Labute approximate surface area is 191 Å². The highest BCUT2D eigenvalue weighted by atomic mass is 32.1. The van der Waals surface area contributed by atoms with E-state index in [-0.39, 0.29) is 0 Å². The Morgan fingerprint density at radius 3 is 2.70 bits per heavy atom. The van der Waals surface area contributed by atoms with Crippen LogP contribution in [0.3, 0.4) is 0 Å². The molecule has 0 bridgehead atoms. The van der Waals surface area contributed by atoms with Gasteiger partial charge >= 0.3 is 6.03 Å². The first kappa shape index (κ1) is 20.8. The molecule has 2 aromatic heterocycles. The van der Waals surface area contributed by atoms with Crippen LogP contribution in [0.5, 0.6) is 0 Å². The number of carbonyl (C=O) groups is 3. The third-order valence-corrected chi connectivity index (χ3v) is 6.40. The van der Waals surface area contributed by atoms with Gasteiger partial charge in [-0.2, -0.15) is 0 Å². The number of nitrogens with one attached hydrogen (secondary N) is 3. The largest absolute Gasteiger partial charge is 0.337 e. The van der Waals surface area contributed by atoms with Crippen molar-refractivity contribution in [3.63, 3.8) is 0 Å². The molecule has 33 heavy (non-hydrogen) atoms. The minimum absolute atomic E-state index is 0.427. The summed E-state index contributed by atoms with van der Waals surface area (Å²) in [6.45, 7) is 1.07. The number of fused-ring (bicyclic) bond motifs is 1. The first-order valence-electron chi connectivity index (χ1n) is 10.1. The van der Waals surface area contributed by atoms with Gasteiger partial charge in [-0.15, -0.1) is 11.3 Å². The van der Waals surface area contributed by atoms with E-state index in [0.29, 0.717) is 11.3 Å². The Balaban J connectivity index is 1.30. The molecule has 4 aromatic rings. The Kier molecular flexibility index (Phi) is 4.94. The van der Waals surface area contributed by atoms with Crippen LogP contribution in [-0.4, -0.2) is 39.3 Å². The number of carbonyl (C=O) groups excluding carboxylic acids is 3. The minimum atomic E-state index is -1.38. The first-order chi connectivity index (χ1) is 15.8. The molecule has 0 radical (unpaired) electrons. The molecule has 1 unspecified atom stereocenters. The summed E-state index contributed by atoms with van der Waals surface area (Å²) in [4.78, 5) is 47.6. The number of halogens is 1. The third kappa shape index (κ3) is 3.74. The van der Waals surface area contributed by atoms with Gasteiger partial charge in [-0.05, 0) is 54.3 Å². The lowest BCUT2D eigenvalue weighted by molar-refractivity contribution is -0.133. The molecular formula is C23H18FN5O3S. The number of imide groups is 1. The van der Waals surface area contributed by atoms with Crippen molar-refractivity contribution in [3.05, 3.63) is 71.4 Å². The number of aromatic nitrogens is 2. The lowest BCUT2D eigenvalue weighted by Gasteiger charge is -2.22. The number of H-pyrrole nitrogens is 1. The van der Waals surface area contributed by atoms with E-state index < -0.39 is 35.7 Å². The van der Waals surface area contributed by atoms with Crippen LogP contribution in [0.4, 0.5) is 14.9 Å². The van der Waals surface area contributed by atoms with Crippen molar-refractivity contribution in [1.29, 1.82) is 0 Å². The fourth-order valence-electron chi connectivity index (χ4n) is 3.78. The van der Waals surface area contributed by atoms with Gasteiger partial charge in [0.25, 0.3) is 5.91 Å². The predicted molar refractivity (Wildman–Crippen MR) is 122 cm³/mol. The summed E-state index contributed by atoms with van der Waals surface area (Å²) in [5, 5.41) is 7.27. The van der Waals surface area contributed by atoms with Gasteiger partial charge in [0.2, 0.25) is 5.91 Å². The number of urea groups is 1. The van der Waals surface area contributed by atoms with Gasteiger partial charge in [0.1, 0.15) is 23.7 Å². The summed E-state index contributed by atoms with van der Waals surface area (Å²) in [7, 11) is 0. The normalized spacial score (nSPS) is 18.1. The van der Waals surface area contributed by atoms with E-state index in [0.717, 1.165) is 26.6 Å². The summed E-state index contributed by atoms with van der Waals surface area (Å²) in [5.41, 5.74) is 1.05. The lowest BCUT2D eigenvalue weighted by atomic mass is 9.92. The van der Waals surface area contributed by atoms with Crippen LogP contribution in [0, 0.1) is 5.82 Å². The highest BCUT2D eigenvalue weighted by Crippen LogP contribution is 2.29. The molecule has 4 amide bonds. The van der Waals surface area contributed by atoms with Crippen molar-refractivity contribution in [2.45, 2.75) is 12.5 Å². The Morgan fingerprint density at radius 1 is 1.18 bits per heavy atom. The van der Waals surface area contributed by atoms with Crippen molar-refractivity contribution in [2.75, 3.05) is 11.9 Å². The Hall–Kier alpha value is -4.05. The monoisotopic (exact) mass is 463 g/mol. The van der Waals surface area contributed by atoms with Crippen LogP contribution in [0.1, 0.15) is 12.5 Å². The van der Waals surface area contributed by atoms with Gasteiger partial charge in [-0.3, -0.25) is 14.5 Å². The van der Waals surface area contributed by atoms with E-state index >= 15 is 0 Å². The number of nitrogens with zero attached hydrogens (tertiary/aromatic N) is 2. The van der Waals surface area contributed by atoms with Crippen LogP contribution < -0.4 is 10.6 Å². The van der Waals surface area contributed by atoms with Crippen LogP contribution in [0.2, 0.25) is 0 Å². The van der Waals surface area contributed by atoms with Crippen LogP contribution in [0.25, 0.3) is 21.7 Å². The van der Waals surface area contributed by atoms with E-state index in [4.69, 9.17) is 0 Å². The quantitative estimate of drug-likeness (QED) is 0.391. The third-order valence-electron chi connectivity index (χ3n) is 5.52. The van der Waals surface area contributed by atoms with Gasteiger partial charge in [0.15, 0.2) is 0 Å². The van der Waals surface area contributed by atoms with E-state index in [1.54, 1.807) is 29.5 Å². The second-order valence-electron chi connectivity index (χ2n) is 7.80. The van der Waals surface area contributed by atoms with Crippen molar-refractivity contribution in [1.82, 2.24) is 20.2 Å². The molecule has 1 saturated heterocycles. The smallest absolute Gasteiger partial charge is 0.325 e. The second-order valence-corrected chi connectivity index (χ2v) is 8.74. The van der Waals surface area contributed by atoms with Gasteiger partial charge < -0.3 is 15.6 Å². The summed E-state index contributed by atoms with van der Waals surface area (Å²) in [6, 6.07) is 13.7. The minimum Gasteiger partial charge on any atom is -0.337 e. The summed E-state index contributed by atoms with van der Waals surface area (Å²) in [5.74, 6) is -0.826. The molecule has 1 aliphatic rings. The maximum absolute atomic E-state index is 13.3. The van der Waals surface area contributed by atoms with Crippen molar-refractivity contribution in [2.24, 2.45) is 0 Å². The van der Waals surface area contributed by atoms with E-state index in [2.05, 4.69) is 20.6 Å². The topological polar surface area (TPSA) is 107 Å². The van der Waals surface area contributed by atoms with Gasteiger partial charge in [0.05, 0.1) is 15.9 Å². The van der Waals surface area contributed by atoms with E-state index in [1.165, 1.54) is 31.2 Å². The molecule has 1 aliphatic heterocycles. The van der Waals surface area contributed by atoms with Crippen molar-refractivity contribution < 1.29 is 18.8 Å². The number of imidazole rings is 1. The maximum Gasteiger partial charge on any atom is 0.325 e. The molecular weight excluding hydrogens is 445 g/mol. The zero-order valence-corrected chi connectivity index (χ0v) is 18.2. The van der Waals surface area contributed by atoms with Crippen LogP contribution in [-0.2, 0) is 15.1 Å². The summed E-state index contributed by atoms with van der Waals surface area (Å²) < 4.78 is 13.3. The number of benzene rings is 2. The highest BCUT2D eigenvalue weighted by molar-refractivity contribution is 7.13. The molecule has 8 nitrogen and oxygen atoms in total. The predicted octanol–water partition coefficient (Wildman–Crippen LogP) is 3.84. The standard InChI is InChI=1S/C23H18FN5O3S/c1-23(13-4-6-14(24)7-5-13)21(31)29(22(32)28-23)12-19(30)25-15-8-9-16-17(11-15)27-20(26-16)18-3-2-10-33-18/h2-11H,12H2,1H3,(H,25,30)(H,26,27)(H,28,32). The Bertz CT molecular complexity index is 1380. The van der Waals surface area contributed by atoms with Crippen LogP contribution >= 0.6 is 11.3 Å². The number of aromatic amines is 1. The number of anilines is 1. The fraction of sp³-hybridized carbons (Fsp3) is 0.130. The SMILES string of the molecule is CC1(c2ccc(F)cc2)NC(=O)N(CC(=O)Nc2ccc3nc(-c4cccs4)[nH]c3c2)C1=O. The second kappa shape index (κ2) is 7.82. The number of thiophene rings is 1. The molecule has 0 spiro atoms. The number of hydrogen-bond acceptors (Lipinski definition) is 5. The fourth-order valence-corrected chi connectivity index (χ4v) is 4.45. The molecule has 10 heteroatoms. The van der Waals surface area contributed by atoms with E-state index in [1.807, 2.05) is 17.5 Å². The molecule has 3 heterocycles. The average molecular weight is 463 g/mol. The zero-order chi connectivity index (χ0) is 23.2. The molecule has 1 fully saturated rings. The maximum atomic E-state index is 13.3. The van der Waals surface area contributed by atoms with Crippen LogP contribution in [0.15, 0.2) is 60.0 Å². The number of rotatable bonds is 5. The molecule has 0 aliphatic carbocycles. The first-order valence-corrected chi connectivity index (χ1v) is 10.9. The highest BCUT2D eigenvalue weighted by Gasteiger charge is 2.49. The number of amides is 4. The van der Waals surface area contributed by atoms with E-state index in [9.17, 15) is 18.8 Å². The molecule has 3 N–H and O–H groups in total. The molecule has 0 saturated carbocycles. The summed E-state index contributed by atoms with van der Waals surface area (Å²) in [6.07, 6.45) is 0. The number of hydrogen-bond donors (Lipinski definition) is 3. The molecule has 2 aromatic carbocycles. The molecule has 166 valence electrons.